The highest BCUT2D eigenvalue weighted by atomic mass is 35.5. The molecule has 0 atom stereocenters. The molecule has 0 bridgehead atoms. The van der Waals surface area contributed by atoms with Crippen molar-refractivity contribution in [2.24, 2.45) is 0 Å². The van der Waals surface area contributed by atoms with Crippen LogP contribution in [-0.4, -0.2) is 6.54 Å². The number of rotatable bonds is 0. The van der Waals surface area contributed by atoms with E-state index in [0.29, 0.717) is 5.69 Å². The smallest absolute Gasteiger partial charge is 0.0683 e. The predicted molar refractivity (Wildman–Crippen MR) is 65.8 cm³/mol. The molecule has 0 spiro atoms. The summed E-state index contributed by atoms with van der Waals surface area (Å²) < 4.78 is 0. The summed E-state index contributed by atoms with van der Waals surface area (Å²) in [5.41, 5.74) is 8.86. The monoisotopic (exact) mass is 254 g/mol. The molecule has 0 aliphatic carbocycles. The highest BCUT2D eigenvalue weighted by molar-refractivity contribution is 6.34. The van der Waals surface area contributed by atoms with E-state index >= 15 is 0 Å². The number of halogens is 3. The van der Waals surface area contributed by atoms with Gasteiger partial charge in [0.05, 0.1) is 10.7 Å². The number of nitrogen functional groups attached to an aromatic ring is 1. The molecule has 0 unspecified atom stereocenters. The van der Waals surface area contributed by atoms with Crippen LogP contribution in [0, 0.1) is 0 Å². The Balaban J connectivity index is 0.000000845. The van der Waals surface area contributed by atoms with Gasteiger partial charge >= 0.3 is 0 Å². The van der Waals surface area contributed by atoms with Crippen molar-refractivity contribution in [2.45, 2.75) is 13.0 Å². The van der Waals surface area contributed by atoms with E-state index in [1.54, 1.807) is 0 Å². The fourth-order valence-corrected chi connectivity index (χ4v) is 1.79. The minimum absolute atomic E-state index is 0. The summed E-state index contributed by atoms with van der Waals surface area (Å²) in [6.45, 7) is 1.88. The maximum atomic E-state index is 6.05. The van der Waals surface area contributed by atoms with Gasteiger partial charge in [0, 0.05) is 6.54 Å². The molecule has 0 radical (unpaired) electrons. The summed E-state index contributed by atoms with van der Waals surface area (Å²) in [7, 11) is 0. The molecule has 0 saturated heterocycles. The average molecular weight is 256 g/mol. The lowest BCUT2D eigenvalue weighted by molar-refractivity contribution is 0.644. The van der Waals surface area contributed by atoms with Gasteiger partial charge in [-0.3, -0.25) is 0 Å². The normalized spacial score (nSPS) is 13.5. The number of benzene rings is 1. The number of nitrogens with one attached hydrogen (secondary N) is 1. The first kappa shape index (κ1) is 13.8. The Bertz CT molecular complexity index is 315. The molecule has 14 heavy (non-hydrogen) atoms. The van der Waals surface area contributed by atoms with Crippen LogP contribution in [0.1, 0.15) is 11.1 Å². The predicted octanol–water partition coefficient (Wildman–Crippen LogP) is 2.41. The molecule has 1 aliphatic heterocycles. The van der Waals surface area contributed by atoms with Gasteiger partial charge in [0.25, 0.3) is 0 Å². The van der Waals surface area contributed by atoms with Crippen LogP contribution < -0.4 is 11.1 Å². The minimum Gasteiger partial charge on any atom is -0.398 e. The molecule has 2 rings (SSSR count). The number of hydrogen-bond donors (Lipinski definition) is 2. The molecule has 0 fully saturated rings. The van der Waals surface area contributed by atoms with Crippen LogP contribution in [-0.2, 0) is 13.0 Å². The summed E-state index contributed by atoms with van der Waals surface area (Å²) >= 11 is 6.05. The molecule has 0 amide bonds. The summed E-state index contributed by atoms with van der Waals surface area (Å²) in [5.74, 6) is 0. The van der Waals surface area contributed by atoms with E-state index in [-0.39, 0.29) is 24.8 Å². The van der Waals surface area contributed by atoms with Gasteiger partial charge in [0.2, 0.25) is 0 Å². The molecule has 2 nitrogen and oxygen atoms in total. The van der Waals surface area contributed by atoms with Gasteiger partial charge < -0.3 is 11.1 Å². The van der Waals surface area contributed by atoms with Gasteiger partial charge in [-0.15, -0.1) is 24.8 Å². The second-order valence-electron chi connectivity index (χ2n) is 3.03. The Morgan fingerprint density at radius 2 is 2.00 bits per heavy atom. The van der Waals surface area contributed by atoms with Crippen molar-refractivity contribution in [1.82, 2.24) is 5.32 Å². The molecule has 0 saturated carbocycles. The Hall–Kier alpha value is -0.150. The van der Waals surface area contributed by atoms with E-state index in [9.17, 15) is 0 Å². The SMILES string of the molecule is Cl.Cl.Nc1ccc2c(c1Cl)CNCC2. The van der Waals surface area contributed by atoms with Crippen molar-refractivity contribution in [3.8, 4) is 0 Å². The van der Waals surface area contributed by atoms with Crippen molar-refractivity contribution >= 4 is 42.1 Å². The Kier molecular flexibility index (Phi) is 5.60. The van der Waals surface area contributed by atoms with Crippen molar-refractivity contribution in [1.29, 1.82) is 0 Å². The van der Waals surface area contributed by atoms with Crippen molar-refractivity contribution in [3.63, 3.8) is 0 Å². The molecule has 0 aromatic heterocycles. The van der Waals surface area contributed by atoms with Crippen molar-refractivity contribution in [2.75, 3.05) is 12.3 Å². The minimum atomic E-state index is 0. The van der Waals surface area contributed by atoms with Gasteiger partial charge in [-0.1, -0.05) is 17.7 Å². The first-order valence-corrected chi connectivity index (χ1v) is 4.43. The summed E-state index contributed by atoms with van der Waals surface area (Å²) in [6, 6.07) is 3.95. The summed E-state index contributed by atoms with van der Waals surface area (Å²) in [5, 5.41) is 3.99. The molecular formula is C9H13Cl3N2. The lowest BCUT2D eigenvalue weighted by atomic mass is 10.0. The van der Waals surface area contributed by atoms with Crippen LogP contribution in [0.2, 0.25) is 5.02 Å². The summed E-state index contributed by atoms with van der Waals surface area (Å²) in [6.07, 6.45) is 1.05. The third-order valence-corrected chi connectivity index (χ3v) is 2.69. The fourth-order valence-electron chi connectivity index (χ4n) is 1.54. The zero-order chi connectivity index (χ0) is 8.55. The quantitative estimate of drug-likeness (QED) is 0.699. The van der Waals surface area contributed by atoms with Gasteiger partial charge in [0.1, 0.15) is 0 Å². The highest BCUT2D eigenvalue weighted by Gasteiger charge is 2.12. The van der Waals surface area contributed by atoms with E-state index in [1.807, 2.05) is 6.07 Å². The van der Waals surface area contributed by atoms with Gasteiger partial charge in [0.15, 0.2) is 0 Å². The number of nitrogens with two attached hydrogens (primary N) is 1. The number of anilines is 1. The number of fused-ring (bicyclic) bond motifs is 1. The number of hydrogen-bond acceptors (Lipinski definition) is 2. The van der Waals surface area contributed by atoms with Gasteiger partial charge in [-0.2, -0.15) is 0 Å². The Morgan fingerprint density at radius 3 is 2.71 bits per heavy atom. The average Bonchev–Trinajstić information content (AvgIpc) is 2.12. The maximum Gasteiger partial charge on any atom is 0.0683 e. The van der Waals surface area contributed by atoms with E-state index in [2.05, 4.69) is 11.4 Å². The van der Waals surface area contributed by atoms with Crippen LogP contribution in [0.15, 0.2) is 12.1 Å². The maximum absolute atomic E-state index is 6.05. The van der Waals surface area contributed by atoms with Crippen molar-refractivity contribution in [3.05, 3.63) is 28.3 Å². The third-order valence-electron chi connectivity index (χ3n) is 2.24. The second kappa shape index (κ2) is 5.66. The van der Waals surface area contributed by atoms with Gasteiger partial charge in [-0.25, -0.2) is 0 Å². The van der Waals surface area contributed by atoms with Crippen LogP contribution in [0.25, 0.3) is 0 Å². The highest BCUT2D eigenvalue weighted by Crippen LogP contribution is 2.28. The largest absolute Gasteiger partial charge is 0.398 e. The fraction of sp³-hybridized carbons (Fsp3) is 0.333. The zero-order valence-corrected chi connectivity index (χ0v) is 9.94. The lowest BCUT2D eigenvalue weighted by Gasteiger charge is -2.18. The Labute approximate surface area is 101 Å². The first-order chi connectivity index (χ1) is 5.79. The van der Waals surface area contributed by atoms with Crippen molar-refractivity contribution < 1.29 is 0 Å². The Morgan fingerprint density at radius 1 is 1.29 bits per heavy atom. The lowest BCUT2D eigenvalue weighted by Crippen LogP contribution is -2.24. The van der Waals surface area contributed by atoms with E-state index in [4.69, 9.17) is 17.3 Å². The standard InChI is InChI=1S/C9H11ClN2.2ClH/c10-9-7-5-12-4-3-6(7)1-2-8(9)11;;/h1-2,12H,3-5,11H2;2*1H. The topological polar surface area (TPSA) is 38.0 Å². The van der Waals surface area contributed by atoms with Crippen LogP contribution in [0.3, 0.4) is 0 Å². The van der Waals surface area contributed by atoms with Crippen LogP contribution in [0.4, 0.5) is 5.69 Å². The summed E-state index contributed by atoms with van der Waals surface area (Å²) in [4.78, 5) is 0. The molecule has 1 aliphatic rings. The molecule has 1 aromatic rings. The van der Waals surface area contributed by atoms with E-state index < -0.39 is 0 Å². The molecule has 1 heterocycles. The zero-order valence-electron chi connectivity index (χ0n) is 7.55. The van der Waals surface area contributed by atoms with E-state index in [1.165, 1.54) is 11.1 Å². The van der Waals surface area contributed by atoms with Gasteiger partial charge in [-0.05, 0) is 30.2 Å². The molecular weight excluding hydrogens is 242 g/mol. The second-order valence-corrected chi connectivity index (χ2v) is 3.41. The third kappa shape index (κ3) is 2.45. The van der Waals surface area contributed by atoms with E-state index in [0.717, 1.165) is 24.5 Å². The van der Waals surface area contributed by atoms with Crippen LogP contribution >= 0.6 is 36.4 Å². The van der Waals surface area contributed by atoms with Crippen LogP contribution in [0.5, 0.6) is 0 Å². The first-order valence-electron chi connectivity index (χ1n) is 4.05. The molecule has 5 heteroatoms. The molecule has 1 aromatic carbocycles. The molecule has 3 N–H and O–H groups in total. The molecule has 80 valence electrons.